The molecule has 2 aromatic heterocycles. The molecule has 4 fully saturated rings. The van der Waals surface area contributed by atoms with Gasteiger partial charge in [-0.1, -0.05) is 37.1 Å². The van der Waals surface area contributed by atoms with Gasteiger partial charge < -0.3 is 38.9 Å². The molecule has 4 aromatic rings. The zero-order chi connectivity index (χ0) is 42.6. The summed E-state index contributed by atoms with van der Waals surface area (Å²) in [5.74, 6) is -0.899. The summed E-state index contributed by atoms with van der Waals surface area (Å²) in [6.07, 6.45) is 9.69. The van der Waals surface area contributed by atoms with Crippen LogP contribution in [0.3, 0.4) is 0 Å². The molecular formula is C44H48N6O11S. The second kappa shape index (κ2) is 16.1. The van der Waals surface area contributed by atoms with Crippen molar-refractivity contribution in [3.8, 4) is 28.8 Å². The molecule has 0 unspecified atom stereocenters. The first-order valence-electron chi connectivity index (χ1n) is 21.6. The van der Waals surface area contributed by atoms with E-state index in [1.807, 2.05) is 42.5 Å². The molecule has 3 saturated carbocycles. The predicted molar refractivity (Wildman–Crippen MR) is 222 cm³/mol. The molecular weight excluding hydrogens is 821 g/mol. The van der Waals surface area contributed by atoms with Crippen LogP contribution in [0.1, 0.15) is 83.5 Å². The lowest BCUT2D eigenvalue weighted by Gasteiger charge is -2.30. The summed E-state index contributed by atoms with van der Waals surface area (Å²) in [7, 11) is -3.93. The molecule has 5 atom stereocenters. The summed E-state index contributed by atoms with van der Waals surface area (Å²) in [4.78, 5) is 67.7. The van der Waals surface area contributed by atoms with Crippen LogP contribution in [0.15, 0.2) is 59.0 Å². The smallest absolute Gasteiger partial charge is 0.408 e. The van der Waals surface area contributed by atoms with Gasteiger partial charge in [-0.2, -0.15) is 4.98 Å². The van der Waals surface area contributed by atoms with Gasteiger partial charge in [0.2, 0.25) is 34.2 Å². The number of ether oxygens (including phenoxy) is 4. The highest BCUT2D eigenvalue weighted by Crippen LogP contribution is 2.46. The van der Waals surface area contributed by atoms with Crippen molar-refractivity contribution < 1.29 is 51.0 Å². The first kappa shape index (κ1) is 40.2. The van der Waals surface area contributed by atoms with Crippen molar-refractivity contribution in [2.45, 2.75) is 119 Å². The number of alkyl carbamates (subject to hydrolysis) is 1. The third-order valence-corrected chi connectivity index (χ3v) is 14.6. The highest BCUT2D eigenvalue weighted by atomic mass is 32.2. The summed E-state index contributed by atoms with van der Waals surface area (Å²) >= 11 is 0. The molecule has 0 spiro atoms. The first-order chi connectivity index (χ1) is 30.0. The van der Waals surface area contributed by atoms with E-state index in [0.29, 0.717) is 66.1 Å². The van der Waals surface area contributed by atoms with E-state index in [4.69, 9.17) is 33.3 Å². The van der Waals surface area contributed by atoms with Gasteiger partial charge in [-0.25, -0.2) is 18.2 Å². The topological polar surface area (TPSA) is 218 Å². The Kier molecular flexibility index (Phi) is 10.4. The Bertz CT molecular complexity index is 2590. The van der Waals surface area contributed by atoms with Crippen LogP contribution >= 0.6 is 0 Å². The van der Waals surface area contributed by atoms with Crippen molar-refractivity contribution >= 4 is 55.9 Å². The molecule has 3 N–H and O–H groups in total. The molecule has 5 heterocycles. The van der Waals surface area contributed by atoms with Crippen molar-refractivity contribution in [1.29, 1.82) is 0 Å². The lowest BCUT2D eigenvalue weighted by Crippen LogP contribution is -2.58. The number of benzene rings is 2. The Morgan fingerprint density at radius 1 is 0.919 bits per heavy atom. The first-order valence-corrected chi connectivity index (χ1v) is 23.2. The summed E-state index contributed by atoms with van der Waals surface area (Å²) in [6, 6.07) is 10.6. The molecule has 6 aliphatic rings. The third-order valence-electron chi connectivity index (χ3n) is 12.8. The van der Waals surface area contributed by atoms with Crippen LogP contribution < -0.4 is 29.6 Å². The van der Waals surface area contributed by atoms with Crippen LogP contribution in [0.5, 0.6) is 17.4 Å². The van der Waals surface area contributed by atoms with Crippen LogP contribution in [0, 0.1) is 5.92 Å². The summed E-state index contributed by atoms with van der Waals surface area (Å²) in [5, 5.41) is 5.80. The van der Waals surface area contributed by atoms with E-state index in [2.05, 4.69) is 15.4 Å². The van der Waals surface area contributed by atoms with Gasteiger partial charge in [-0.3, -0.25) is 19.1 Å². The van der Waals surface area contributed by atoms with E-state index in [1.165, 1.54) is 4.90 Å². The summed E-state index contributed by atoms with van der Waals surface area (Å²) in [6.45, 7) is 0.00227. The van der Waals surface area contributed by atoms with E-state index in [0.717, 1.165) is 43.9 Å². The summed E-state index contributed by atoms with van der Waals surface area (Å²) in [5.41, 5.74) is 0.395. The SMILES string of the molecule is O=C(N[C@H]1CCCCCC=C[C@@H]2C[C@@]2(C(=O)NS(=O)(=O)C2CC2)NC(=O)[C@@H]2C[C@@H](Oc3nc(-c4ccc5c(c4)OCO5)nc4c3oc3ccccc34)CN2C1=O)OC1CCCC1. The van der Waals surface area contributed by atoms with Crippen molar-refractivity contribution in [2.24, 2.45) is 5.92 Å². The zero-order valence-electron chi connectivity index (χ0n) is 34.0. The number of rotatable bonds is 8. The molecule has 17 nitrogen and oxygen atoms in total. The minimum atomic E-state index is -3.93. The van der Waals surface area contributed by atoms with Gasteiger partial charge in [0.1, 0.15) is 40.9 Å². The average Bonchev–Trinajstić information content (AvgIpc) is 3.92. The molecule has 18 heteroatoms. The predicted octanol–water partition coefficient (Wildman–Crippen LogP) is 5.16. The lowest BCUT2D eigenvalue weighted by molar-refractivity contribution is -0.141. The number of para-hydroxylation sites is 1. The maximum atomic E-state index is 14.8. The van der Waals surface area contributed by atoms with Crippen molar-refractivity contribution in [1.82, 2.24) is 30.2 Å². The van der Waals surface area contributed by atoms with Gasteiger partial charge in [0.05, 0.1) is 11.8 Å². The van der Waals surface area contributed by atoms with Gasteiger partial charge >= 0.3 is 6.09 Å². The number of furan rings is 1. The molecule has 3 aliphatic heterocycles. The Hall–Kier alpha value is -5.91. The number of allylic oxidation sites excluding steroid dienone is 1. The third kappa shape index (κ3) is 7.88. The van der Waals surface area contributed by atoms with Gasteiger partial charge in [-0.05, 0) is 94.5 Å². The number of nitrogens with zero attached hydrogens (tertiary/aromatic N) is 3. The van der Waals surface area contributed by atoms with Gasteiger partial charge in [0.25, 0.3) is 11.8 Å². The number of sulfonamides is 1. The highest BCUT2D eigenvalue weighted by Gasteiger charge is 2.62. The van der Waals surface area contributed by atoms with Crippen LogP contribution in [0.25, 0.3) is 33.5 Å². The van der Waals surface area contributed by atoms with Crippen LogP contribution in [-0.2, 0) is 29.1 Å². The standard InChI is InChI=1S/C44H48N6O11S/c51-39-32-21-28(59-40-37-36(30-13-8-9-15-33(30)61-37)46-38(47-40)25-16-19-34-35(20-25)58-24-57-34)23-50(32)41(52)31(45-43(54)60-27-11-6-7-12-27)14-5-3-1-2-4-10-26-22-44(26,48-39)42(53)49-62(55,56)29-17-18-29/h4,8-10,13,15-16,19-20,26-29,31-32H,1-3,5-7,11-12,14,17-18,21-24H2,(H,45,54)(H,48,51)(H,49,53)/t26-,28-,31+,32+,44-/m1/s1. The van der Waals surface area contributed by atoms with E-state index in [-0.39, 0.29) is 43.7 Å². The maximum Gasteiger partial charge on any atom is 0.408 e. The number of aromatic nitrogens is 2. The number of carbonyl (C=O) groups is 4. The fraction of sp³-hybridized carbons (Fsp3) is 0.500. The normalized spacial score (nSPS) is 26.6. The minimum Gasteiger partial charge on any atom is -0.470 e. The Labute approximate surface area is 357 Å². The van der Waals surface area contributed by atoms with Crippen molar-refractivity contribution in [3.63, 3.8) is 0 Å². The molecule has 2 aromatic carbocycles. The van der Waals surface area contributed by atoms with Crippen LogP contribution in [0.4, 0.5) is 4.79 Å². The van der Waals surface area contributed by atoms with Crippen molar-refractivity contribution in [3.05, 3.63) is 54.6 Å². The quantitative estimate of drug-likeness (QED) is 0.195. The van der Waals surface area contributed by atoms with E-state index in [9.17, 15) is 27.6 Å². The Morgan fingerprint density at radius 3 is 2.56 bits per heavy atom. The van der Waals surface area contributed by atoms with Crippen molar-refractivity contribution in [2.75, 3.05) is 13.3 Å². The second-order valence-corrected chi connectivity index (χ2v) is 19.2. The van der Waals surface area contributed by atoms with E-state index >= 15 is 0 Å². The van der Waals surface area contributed by atoms with Gasteiger partial charge in [0.15, 0.2) is 17.3 Å². The van der Waals surface area contributed by atoms with E-state index < -0.39 is 68.7 Å². The van der Waals surface area contributed by atoms with E-state index in [1.54, 1.807) is 12.1 Å². The zero-order valence-corrected chi connectivity index (χ0v) is 34.8. The summed E-state index contributed by atoms with van der Waals surface area (Å²) < 4.78 is 58.0. The molecule has 3 aliphatic carbocycles. The maximum absolute atomic E-state index is 14.8. The minimum absolute atomic E-state index is 0.0273. The number of hydrogen-bond donors (Lipinski definition) is 3. The second-order valence-electron chi connectivity index (χ2n) is 17.2. The molecule has 62 heavy (non-hydrogen) atoms. The molecule has 10 rings (SSSR count). The monoisotopic (exact) mass is 868 g/mol. The number of amides is 4. The highest BCUT2D eigenvalue weighted by molar-refractivity contribution is 7.91. The van der Waals surface area contributed by atoms with Gasteiger partial charge in [0, 0.05) is 23.3 Å². The Balaban J connectivity index is 0.988. The number of carbonyl (C=O) groups excluding carboxylic acids is 4. The average molecular weight is 869 g/mol. The Morgan fingerprint density at radius 2 is 1.73 bits per heavy atom. The molecule has 0 bridgehead atoms. The number of nitrogens with one attached hydrogen (secondary N) is 3. The number of hydrogen-bond acceptors (Lipinski definition) is 13. The van der Waals surface area contributed by atoms with Crippen LogP contribution in [-0.4, -0.2) is 95.5 Å². The lowest BCUT2D eigenvalue weighted by atomic mass is 10.0. The molecule has 1 saturated heterocycles. The molecule has 0 radical (unpaired) electrons. The fourth-order valence-corrected chi connectivity index (χ4v) is 10.5. The fourth-order valence-electron chi connectivity index (χ4n) is 9.15. The van der Waals surface area contributed by atoms with Crippen LogP contribution in [0.2, 0.25) is 0 Å². The molecule has 4 amide bonds. The number of fused-ring (bicyclic) bond motifs is 6. The largest absolute Gasteiger partial charge is 0.470 e. The molecule has 326 valence electrons. The van der Waals surface area contributed by atoms with Gasteiger partial charge in [-0.15, -0.1) is 0 Å².